The number of carbonyl (C=O) groups is 1. The van der Waals surface area contributed by atoms with Crippen LogP contribution in [-0.2, 0) is 30.4 Å². The highest BCUT2D eigenvalue weighted by atomic mass is 35.5. The molecule has 0 fully saturated rings. The molecule has 1 amide bonds. The first kappa shape index (κ1) is 23.5. The second-order valence-corrected chi connectivity index (χ2v) is 7.86. The van der Waals surface area contributed by atoms with Crippen LogP contribution in [0, 0.1) is 0 Å². The summed E-state index contributed by atoms with van der Waals surface area (Å²) in [6.45, 7) is 0.779. The summed E-state index contributed by atoms with van der Waals surface area (Å²) in [5.74, 6) is 0.631. The van der Waals surface area contributed by atoms with E-state index in [0.29, 0.717) is 59.6 Å². The lowest BCUT2D eigenvalue weighted by molar-refractivity contribution is -0.137. The standard InChI is InChI=1S/C21H21Cl2F3N2O3/c1-30-19-17(22)14-8-9-28(11-15(14)18(23)20(19)31-2)16(29)5-3-4-13-7-6-12(10-27-13)21(24,25)26/h6-7,10H,3-5,8-9,11H2,1-2H3. The van der Waals surface area contributed by atoms with E-state index in [1.54, 1.807) is 4.90 Å². The highest BCUT2D eigenvalue weighted by Crippen LogP contribution is 2.47. The second kappa shape index (κ2) is 9.53. The molecule has 3 rings (SSSR count). The van der Waals surface area contributed by atoms with Crippen molar-refractivity contribution in [3.63, 3.8) is 0 Å². The second-order valence-electron chi connectivity index (χ2n) is 7.11. The molecule has 31 heavy (non-hydrogen) atoms. The van der Waals surface area contributed by atoms with Gasteiger partial charge in [-0.1, -0.05) is 23.2 Å². The van der Waals surface area contributed by atoms with Crippen molar-refractivity contribution in [2.45, 2.75) is 38.4 Å². The van der Waals surface area contributed by atoms with Crippen LogP contribution in [0.4, 0.5) is 13.2 Å². The summed E-state index contributed by atoms with van der Waals surface area (Å²) in [5.41, 5.74) is 1.29. The van der Waals surface area contributed by atoms with E-state index in [-0.39, 0.29) is 12.3 Å². The zero-order chi connectivity index (χ0) is 22.8. The van der Waals surface area contributed by atoms with Gasteiger partial charge < -0.3 is 14.4 Å². The average molecular weight is 477 g/mol. The molecule has 0 radical (unpaired) electrons. The van der Waals surface area contributed by atoms with E-state index in [9.17, 15) is 18.0 Å². The van der Waals surface area contributed by atoms with Gasteiger partial charge in [-0.3, -0.25) is 9.78 Å². The third-order valence-corrected chi connectivity index (χ3v) is 6.02. The van der Waals surface area contributed by atoms with Crippen LogP contribution in [0.1, 0.15) is 35.2 Å². The molecule has 0 aliphatic carbocycles. The highest BCUT2D eigenvalue weighted by Gasteiger charge is 2.31. The Kier molecular flexibility index (Phi) is 7.21. The van der Waals surface area contributed by atoms with Gasteiger partial charge in [0.1, 0.15) is 0 Å². The maximum atomic E-state index is 12.7. The Morgan fingerprint density at radius 3 is 2.32 bits per heavy atom. The summed E-state index contributed by atoms with van der Waals surface area (Å²) in [7, 11) is 2.95. The number of benzene rings is 1. The topological polar surface area (TPSA) is 51.7 Å². The predicted octanol–water partition coefficient (Wildman–Crippen LogP) is 5.33. The fourth-order valence-electron chi connectivity index (χ4n) is 3.58. The van der Waals surface area contributed by atoms with Crippen molar-refractivity contribution in [3.8, 4) is 11.5 Å². The molecule has 1 aliphatic heterocycles. The Morgan fingerprint density at radius 2 is 1.77 bits per heavy atom. The molecule has 5 nitrogen and oxygen atoms in total. The van der Waals surface area contributed by atoms with Crippen LogP contribution >= 0.6 is 23.2 Å². The highest BCUT2D eigenvalue weighted by molar-refractivity contribution is 6.37. The van der Waals surface area contributed by atoms with Crippen molar-refractivity contribution in [1.82, 2.24) is 9.88 Å². The first-order valence-electron chi connectivity index (χ1n) is 9.58. The number of aryl methyl sites for hydroxylation is 1. The van der Waals surface area contributed by atoms with Crippen molar-refractivity contribution < 1.29 is 27.4 Å². The summed E-state index contributed by atoms with van der Waals surface area (Å²) in [4.78, 5) is 18.2. The minimum Gasteiger partial charge on any atom is -0.491 e. The third-order valence-electron chi connectivity index (χ3n) is 5.22. The van der Waals surface area contributed by atoms with E-state index in [1.807, 2.05) is 0 Å². The number of hydrogen-bond donors (Lipinski definition) is 0. The maximum absolute atomic E-state index is 12.7. The first-order chi connectivity index (χ1) is 14.7. The molecule has 1 aromatic heterocycles. The Morgan fingerprint density at radius 1 is 1.13 bits per heavy atom. The summed E-state index contributed by atoms with van der Waals surface area (Å²) in [6, 6.07) is 2.34. The number of aromatic nitrogens is 1. The molecule has 2 heterocycles. The molecule has 168 valence electrons. The van der Waals surface area contributed by atoms with Gasteiger partial charge in [-0.25, -0.2) is 0 Å². The number of methoxy groups -OCH3 is 2. The number of halogens is 5. The van der Waals surface area contributed by atoms with Crippen molar-refractivity contribution in [1.29, 1.82) is 0 Å². The lowest BCUT2D eigenvalue weighted by Crippen LogP contribution is -2.36. The molecule has 1 aromatic carbocycles. The van der Waals surface area contributed by atoms with Crippen molar-refractivity contribution in [2.24, 2.45) is 0 Å². The van der Waals surface area contributed by atoms with Crippen LogP contribution in [0.25, 0.3) is 0 Å². The fourth-order valence-corrected chi connectivity index (χ4v) is 4.29. The molecule has 0 spiro atoms. The van der Waals surface area contributed by atoms with Crippen LogP contribution in [-0.4, -0.2) is 36.6 Å². The molecule has 0 saturated carbocycles. The number of fused-ring (bicyclic) bond motifs is 1. The quantitative estimate of drug-likeness (QED) is 0.565. The van der Waals surface area contributed by atoms with Crippen LogP contribution in [0.5, 0.6) is 11.5 Å². The van der Waals surface area contributed by atoms with Crippen molar-refractivity contribution in [2.75, 3.05) is 20.8 Å². The summed E-state index contributed by atoms with van der Waals surface area (Å²) in [6.07, 6.45) is -1.95. The fraction of sp³-hybridized carbons (Fsp3) is 0.429. The number of ether oxygens (including phenoxy) is 2. The molecule has 10 heteroatoms. The molecule has 0 unspecified atom stereocenters. The summed E-state index contributed by atoms with van der Waals surface area (Å²) in [5, 5.41) is 0.796. The zero-order valence-electron chi connectivity index (χ0n) is 17.0. The van der Waals surface area contributed by atoms with Crippen molar-refractivity contribution in [3.05, 3.63) is 50.8 Å². The molecule has 0 N–H and O–H groups in total. The normalized spacial score (nSPS) is 13.7. The smallest absolute Gasteiger partial charge is 0.417 e. The number of pyridine rings is 1. The largest absolute Gasteiger partial charge is 0.491 e. The van der Waals surface area contributed by atoms with Crippen LogP contribution in [0.15, 0.2) is 18.3 Å². The number of nitrogens with zero attached hydrogens (tertiary/aromatic N) is 2. The van der Waals surface area contributed by atoms with Gasteiger partial charge >= 0.3 is 6.18 Å². The van der Waals surface area contributed by atoms with E-state index in [4.69, 9.17) is 32.7 Å². The van der Waals surface area contributed by atoms with E-state index in [2.05, 4.69) is 4.98 Å². The molecule has 0 atom stereocenters. The Bertz CT molecular complexity index is 966. The predicted molar refractivity (Wildman–Crippen MR) is 111 cm³/mol. The zero-order valence-corrected chi connectivity index (χ0v) is 18.5. The Balaban J connectivity index is 1.63. The van der Waals surface area contributed by atoms with E-state index in [1.165, 1.54) is 20.3 Å². The maximum Gasteiger partial charge on any atom is 0.417 e. The molecule has 2 aromatic rings. The van der Waals surface area contributed by atoms with Crippen LogP contribution in [0.3, 0.4) is 0 Å². The lowest BCUT2D eigenvalue weighted by Gasteiger charge is -2.31. The Labute approximate surface area is 188 Å². The molecular weight excluding hydrogens is 456 g/mol. The SMILES string of the molecule is COc1c(Cl)c2c(c(Cl)c1OC)CN(C(=O)CCCc1ccc(C(F)(F)F)cn1)CC2. The van der Waals surface area contributed by atoms with Crippen LogP contribution < -0.4 is 9.47 Å². The summed E-state index contributed by atoms with van der Waals surface area (Å²) < 4.78 is 48.5. The number of carbonyl (C=O) groups excluding carboxylic acids is 1. The van der Waals surface area contributed by atoms with E-state index >= 15 is 0 Å². The van der Waals surface area contributed by atoms with Gasteiger partial charge in [-0.05, 0) is 42.5 Å². The molecule has 1 aliphatic rings. The van der Waals surface area contributed by atoms with E-state index in [0.717, 1.165) is 23.4 Å². The van der Waals surface area contributed by atoms with Gasteiger partial charge in [0, 0.05) is 31.4 Å². The van der Waals surface area contributed by atoms with E-state index < -0.39 is 11.7 Å². The first-order valence-corrected chi connectivity index (χ1v) is 10.3. The third kappa shape index (κ3) is 5.01. The number of hydrogen-bond acceptors (Lipinski definition) is 4. The molecular formula is C21H21Cl2F3N2O3. The minimum absolute atomic E-state index is 0.0699. The number of amides is 1. The van der Waals surface area contributed by atoms with Gasteiger partial charge in [0.05, 0.1) is 29.8 Å². The number of alkyl halides is 3. The monoisotopic (exact) mass is 476 g/mol. The Hall–Kier alpha value is -2.19. The lowest BCUT2D eigenvalue weighted by atomic mass is 9.97. The number of rotatable bonds is 6. The van der Waals surface area contributed by atoms with Gasteiger partial charge in [0.15, 0.2) is 11.5 Å². The van der Waals surface area contributed by atoms with Crippen LogP contribution in [0.2, 0.25) is 10.0 Å². The van der Waals surface area contributed by atoms with Gasteiger partial charge in [-0.15, -0.1) is 0 Å². The van der Waals surface area contributed by atoms with Gasteiger partial charge in [0.25, 0.3) is 0 Å². The minimum atomic E-state index is -4.41. The molecule has 0 saturated heterocycles. The van der Waals surface area contributed by atoms with Gasteiger partial charge in [-0.2, -0.15) is 13.2 Å². The average Bonchev–Trinajstić information content (AvgIpc) is 2.75. The van der Waals surface area contributed by atoms with Gasteiger partial charge in [0.2, 0.25) is 5.91 Å². The summed E-state index contributed by atoms with van der Waals surface area (Å²) >= 11 is 12.9. The van der Waals surface area contributed by atoms with Crippen molar-refractivity contribution >= 4 is 29.1 Å². The molecule has 0 bridgehead atoms.